The van der Waals surface area contributed by atoms with Crippen LogP contribution in [0.2, 0.25) is 0 Å². The van der Waals surface area contributed by atoms with E-state index in [0.29, 0.717) is 13.2 Å². The van der Waals surface area contributed by atoms with E-state index in [1.54, 1.807) is 0 Å². The normalized spacial score (nSPS) is 17.1. The number of aliphatic hydroxyl groups excluding tert-OH is 3. The third-order valence-electron chi connectivity index (χ3n) is 6.59. The molecule has 3 atom stereocenters. The molecular formula is C27H52O7. The molecule has 7 nitrogen and oxygen atoms in total. The topological polar surface area (TPSA) is 105 Å². The first-order valence-electron chi connectivity index (χ1n) is 14.0. The van der Waals surface area contributed by atoms with Gasteiger partial charge in [-0.15, -0.1) is 0 Å². The molecule has 0 radical (unpaired) electrons. The Balaban J connectivity index is 1.96. The van der Waals surface area contributed by atoms with Gasteiger partial charge in [-0.25, -0.2) is 0 Å². The summed E-state index contributed by atoms with van der Waals surface area (Å²) in [5.74, 6) is -0.450. The van der Waals surface area contributed by atoms with Crippen molar-refractivity contribution in [2.75, 3.05) is 19.8 Å². The number of unbranched alkanes of at least 4 members (excludes halogenated alkanes) is 16. The van der Waals surface area contributed by atoms with E-state index in [0.717, 1.165) is 19.3 Å². The molecule has 0 aromatic rings. The van der Waals surface area contributed by atoms with Crippen molar-refractivity contribution in [2.24, 2.45) is 0 Å². The maximum absolute atomic E-state index is 12.2. The Morgan fingerprint density at radius 2 is 1.18 bits per heavy atom. The van der Waals surface area contributed by atoms with E-state index in [1.165, 1.54) is 89.9 Å². The third kappa shape index (κ3) is 15.3. The van der Waals surface area contributed by atoms with Gasteiger partial charge in [-0.05, 0) is 6.42 Å². The number of hydrogen-bond donors (Lipinski definition) is 3. The standard InChI is InChI=1S/C27H52O7/c1-2-3-4-5-6-7-8-9-10-11-12-13-14-15-16-17-18-19-24(30)34-26(25(31)23(29)22-28)27-32-20-21-33-27/h23,25-29,31H,2-22H2,1H3/t23-,25+,26-/m1/s1. The molecule has 3 N–H and O–H groups in total. The number of carbonyl (C=O) groups excluding carboxylic acids is 1. The zero-order chi connectivity index (χ0) is 24.9. The van der Waals surface area contributed by atoms with Gasteiger partial charge in [0, 0.05) is 6.42 Å². The van der Waals surface area contributed by atoms with Crippen LogP contribution in [0, 0.1) is 0 Å². The van der Waals surface area contributed by atoms with Gasteiger partial charge in [0.2, 0.25) is 0 Å². The fourth-order valence-corrected chi connectivity index (χ4v) is 4.38. The second kappa shape index (κ2) is 21.5. The average Bonchev–Trinajstić information content (AvgIpc) is 3.38. The monoisotopic (exact) mass is 488 g/mol. The number of ether oxygens (including phenoxy) is 3. The lowest BCUT2D eigenvalue weighted by Crippen LogP contribution is -2.48. The van der Waals surface area contributed by atoms with Crippen molar-refractivity contribution >= 4 is 5.97 Å². The quantitative estimate of drug-likeness (QED) is 0.137. The summed E-state index contributed by atoms with van der Waals surface area (Å²) in [6.07, 6.45) is 17.1. The van der Waals surface area contributed by atoms with Gasteiger partial charge in [-0.3, -0.25) is 4.79 Å². The van der Waals surface area contributed by atoms with Crippen LogP contribution in [0.25, 0.3) is 0 Å². The fraction of sp³-hybridized carbons (Fsp3) is 0.963. The van der Waals surface area contributed by atoms with Crippen LogP contribution in [0.15, 0.2) is 0 Å². The molecule has 7 heteroatoms. The maximum atomic E-state index is 12.2. The van der Waals surface area contributed by atoms with Crippen LogP contribution >= 0.6 is 0 Å². The molecule has 34 heavy (non-hydrogen) atoms. The third-order valence-corrected chi connectivity index (χ3v) is 6.59. The van der Waals surface area contributed by atoms with Gasteiger partial charge in [-0.2, -0.15) is 0 Å². The largest absolute Gasteiger partial charge is 0.454 e. The summed E-state index contributed by atoms with van der Waals surface area (Å²) in [5, 5.41) is 28.9. The van der Waals surface area contributed by atoms with Gasteiger partial charge >= 0.3 is 5.97 Å². The summed E-state index contributed by atoms with van der Waals surface area (Å²) < 4.78 is 16.0. The molecule has 0 unspecified atom stereocenters. The first kappa shape index (κ1) is 31.3. The molecule has 0 aromatic carbocycles. The van der Waals surface area contributed by atoms with Crippen LogP contribution < -0.4 is 0 Å². The number of hydrogen-bond acceptors (Lipinski definition) is 7. The highest BCUT2D eigenvalue weighted by Crippen LogP contribution is 2.19. The smallest absolute Gasteiger partial charge is 0.306 e. The first-order chi connectivity index (χ1) is 16.6. The van der Waals surface area contributed by atoms with Crippen LogP contribution in [0.1, 0.15) is 122 Å². The highest BCUT2D eigenvalue weighted by molar-refractivity contribution is 5.69. The van der Waals surface area contributed by atoms with E-state index in [-0.39, 0.29) is 6.42 Å². The van der Waals surface area contributed by atoms with Crippen molar-refractivity contribution in [3.8, 4) is 0 Å². The molecule has 1 heterocycles. The lowest BCUT2D eigenvalue weighted by molar-refractivity contribution is -0.204. The van der Waals surface area contributed by atoms with E-state index < -0.39 is 37.2 Å². The number of aliphatic hydroxyl groups is 3. The number of carbonyl (C=O) groups is 1. The molecule has 1 aliphatic rings. The van der Waals surface area contributed by atoms with E-state index in [1.807, 2.05) is 0 Å². The van der Waals surface area contributed by atoms with Gasteiger partial charge in [0.1, 0.15) is 12.2 Å². The van der Waals surface area contributed by atoms with Gasteiger partial charge < -0.3 is 29.5 Å². The molecule has 0 aromatic heterocycles. The molecular weight excluding hydrogens is 436 g/mol. The Labute approximate surface area is 207 Å². The van der Waals surface area contributed by atoms with Gasteiger partial charge in [0.25, 0.3) is 0 Å². The Morgan fingerprint density at radius 1 is 0.765 bits per heavy atom. The SMILES string of the molecule is CCCCCCCCCCCCCCCCCCCC(=O)O[C@@H](C1OCCO1)[C@@H](O)[C@H](O)CO. The summed E-state index contributed by atoms with van der Waals surface area (Å²) in [6, 6.07) is 0. The van der Waals surface area contributed by atoms with Crippen LogP contribution in [0.3, 0.4) is 0 Å². The molecule has 1 rings (SSSR count). The number of esters is 1. The highest BCUT2D eigenvalue weighted by Gasteiger charge is 2.39. The maximum Gasteiger partial charge on any atom is 0.306 e. The zero-order valence-corrected chi connectivity index (χ0v) is 21.6. The Morgan fingerprint density at radius 3 is 1.59 bits per heavy atom. The van der Waals surface area contributed by atoms with Crippen molar-refractivity contribution < 1.29 is 34.3 Å². The molecule has 1 aliphatic heterocycles. The van der Waals surface area contributed by atoms with Gasteiger partial charge in [0.15, 0.2) is 12.4 Å². The fourth-order valence-electron chi connectivity index (χ4n) is 4.38. The molecule has 1 saturated heterocycles. The van der Waals surface area contributed by atoms with Gasteiger partial charge in [-0.1, -0.05) is 110 Å². The van der Waals surface area contributed by atoms with E-state index in [4.69, 9.17) is 19.3 Å². The highest BCUT2D eigenvalue weighted by atomic mass is 16.7. The minimum absolute atomic E-state index is 0.254. The number of rotatable bonds is 23. The Hall–Kier alpha value is -0.730. The van der Waals surface area contributed by atoms with Crippen LogP contribution in [0.5, 0.6) is 0 Å². The summed E-state index contributed by atoms with van der Waals surface area (Å²) in [7, 11) is 0. The predicted molar refractivity (Wildman–Crippen MR) is 133 cm³/mol. The zero-order valence-electron chi connectivity index (χ0n) is 21.6. The van der Waals surface area contributed by atoms with Crippen molar-refractivity contribution in [3.63, 3.8) is 0 Å². The van der Waals surface area contributed by atoms with E-state index in [2.05, 4.69) is 6.92 Å². The Kier molecular flexibility index (Phi) is 19.8. The average molecular weight is 489 g/mol. The molecule has 0 saturated carbocycles. The van der Waals surface area contributed by atoms with Crippen LogP contribution in [-0.2, 0) is 19.0 Å². The van der Waals surface area contributed by atoms with Crippen molar-refractivity contribution in [1.29, 1.82) is 0 Å². The molecule has 0 amide bonds. The van der Waals surface area contributed by atoms with Gasteiger partial charge in [0.05, 0.1) is 19.8 Å². The van der Waals surface area contributed by atoms with Crippen LogP contribution in [0.4, 0.5) is 0 Å². The van der Waals surface area contributed by atoms with Crippen LogP contribution in [-0.4, -0.2) is 65.7 Å². The molecule has 0 bridgehead atoms. The van der Waals surface area contributed by atoms with Crippen molar-refractivity contribution in [3.05, 3.63) is 0 Å². The second-order valence-corrected chi connectivity index (χ2v) is 9.71. The minimum atomic E-state index is -1.47. The summed E-state index contributed by atoms with van der Waals surface area (Å²) in [6.45, 7) is 2.29. The molecule has 1 fully saturated rings. The molecule has 0 spiro atoms. The second-order valence-electron chi connectivity index (χ2n) is 9.71. The van der Waals surface area contributed by atoms with E-state index >= 15 is 0 Å². The predicted octanol–water partition coefficient (Wildman–Crippen LogP) is 5.03. The minimum Gasteiger partial charge on any atom is -0.454 e. The summed E-state index contributed by atoms with van der Waals surface area (Å²) in [5.41, 5.74) is 0. The van der Waals surface area contributed by atoms with E-state index in [9.17, 15) is 15.0 Å². The lowest BCUT2D eigenvalue weighted by Gasteiger charge is -2.29. The van der Waals surface area contributed by atoms with Crippen molar-refractivity contribution in [1.82, 2.24) is 0 Å². The molecule has 202 valence electrons. The first-order valence-corrected chi connectivity index (χ1v) is 14.0. The summed E-state index contributed by atoms with van der Waals surface area (Å²) in [4.78, 5) is 12.2. The van der Waals surface area contributed by atoms with Crippen molar-refractivity contribution in [2.45, 2.75) is 147 Å². The lowest BCUT2D eigenvalue weighted by atomic mass is 10.0. The summed E-state index contributed by atoms with van der Waals surface area (Å²) >= 11 is 0. The molecule has 0 aliphatic carbocycles. The Bertz CT molecular complexity index is 468.